The van der Waals surface area contributed by atoms with E-state index in [1.165, 1.54) is 13.2 Å². The number of aromatic nitrogens is 2. The molecule has 0 N–H and O–H groups in total. The molecule has 3 aromatic rings. The van der Waals surface area contributed by atoms with Crippen LogP contribution in [-0.2, 0) is 20.8 Å². The fourth-order valence-corrected chi connectivity index (χ4v) is 3.14. The number of methoxy groups -OCH3 is 3. The van der Waals surface area contributed by atoms with Gasteiger partial charge in [0.2, 0.25) is 5.88 Å². The van der Waals surface area contributed by atoms with E-state index in [4.69, 9.17) is 23.7 Å². The molecule has 168 valence electrons. The molecule has 0 fully saturated rings. The van der Waals surface area contributed by atoms with Crippen LogP contribution in [0, 0.1) is 0 Å². The number of carbonyl (C=O) groups is 3. The Morgan fingerprint density at radius 1 is 0.938 bits per heavy atom. The van der Waals surface area contributed by atoms with E-state index in [0.717, 1.165) is 24.3 Å². The van der Waals surface area contributed by atoms with E-state index in [1.54, 1.807) is 6.92 Å². The summed E-state index contributed by atoms with van der Waals surface area (Å²) in [5.74, 6) is -2.48. The standard InChI is InChI=1S/C22H22N2O8/c1-5-31-22(27)19-17(21(26)30-4)16(20(25)29-3)18-14(28-2)11-15(23-24(18)19)32-12-13-9-7-6-8-10-13/h6-11H,5,12H2,1-4H3. The zero-order valence-corrected chi connectivity index (χ0v) is 18.0. The normalized spacial score (nSPS) is 10.5. The van der Waals surface area contributed by atoms with Crippen molar-refractivity contribution >= 4 is 23.4 Å². The van der Waals surface area contributed by atoms with Gasteiger partial charge in [0.1, 0.15) is 23.3 Å². The molecule has 0 spiro atoms. The molecule has 0 saturated carbocycles. The van der Waals surface area contributed by atoms with Crippen molar-refractivity contribution in [2.75, 3.05) is 27.9 Å². The predicted molar refractivity (Wildman–Crippen MR) is 111 cm³/mol. The largest absolute Gasteiger partial charge is 0.494 e. The maximum absolute atomic E-state index is 12.8. The average molecular weight is 442 g/mol. The van der Waals surface area contributed by atoms with Gasteiger partial charge in [0.25, 0.3) is 0 Å². The van der Waals surface area contributed by atoms with E-state index in [0.29, 0.717) is 0 Å². The van der Waals surface area contributed by atoms with Gasteiger partial charge in [0.15, 0.2) is 11.4 Å². The van der Waals surface area contributed by atoms with E-state index in [-0.39, 0.29) is 47.2 Å². The molecular formula is C22H22N2O8. The van der Waals surface area contributed by atoms with Gasteiger partial charge in [-0.1, -0.05) is 30.3 Å². The summed E-state index contributed by atoms with van der Waals surface area (Å²) in [6, 6.07) is 10.8. The molecule has 10 nitrogen and oxygen atoms in total. The molecule has 10 heteroatoms. The van der Waals surface area contributed by atoms with E-state index in [2.05, 4.69) is 5.10 Å². The van der Waals surface area contributed by atoms with Crippen LogP contribution in [0.4, 0.5) is 0 Å². The minimum Gasteiger partial charge on any atom is -0.494 e. The lowest BCUT2D eigenvalue weighted by atomic mass is 10.1. The van der Waals surface area contributed by atoms with Gasteiger partial charge in [-0.25, -0.2) is 18.9 Å². The molecule has 0 unspecified atom stereocenters. The highest BCUT2D eigenvalue weighted by atomic mass is 16.5. The van der Waals surface area contributed by atoms with E-state index in [1.807, 2.05) is 30.3 Å². The van der Waals surface area contributed by atoms with Crippen LogP contribution in [0.15, 0.2) is 36.4 Å². The van der Waals surface area contributed by atoms with Crippen LogP contribution in [0.25, 0.3) is 5.52 Å². The molecule has 2 heterocycles. The Kier molecular flexibility index (Phi) is 6.93. The Labute approximate surface area is 183 Å². The number of fused-ring (bicyclic) bond motifs is 1. The second-order valence-corrected chi connectivity index (χ2v) is 6.39. The summed E-state index contributed by atoms with van der Waals surface area (Å²) in [5.41, 5.74) is 0.0367. The Morgan fingerprint density at radius 3 is 2.19 bits per heavy atom. The summed E-state index contributed by atoms with van der Waals surface area (Å²) in [4.78, 5) is 38.0. The van der Waals surface area contributed by atoms with Gasteiger partial charge in [-0.05, 0) is 12.5 Å². The van der Waals surface area contributed by atoms with Crippen molar-refractivity contribution in [3.8, 4) is 11.6 Å². The Morgan fingerprint density at radius 2 is 1.59 bits per heavy atom. The third-order valence-corrected chi connectivity index (χ3v) is 4.53. The number of rotatable bonds is 8. The van der Waals surface area contributed by atoms with Gasteiger partial charge in [-0.15, -0.1) is 5.10 Å². The highest BCUT2D eigenvalue weighted by molar-refractivity contribution is 6.15. The summed E-state index contributed by atoms with van der Waals surface area (Å²) in [5, 5.41) is 4.31. The smallest absolute Gasteiger partial charge is 0.357 e. The topological polar surface area (TPSA) is 115 Å². The third kappa shape index (κ3) is 4.20. The van der Waals surface area contributed by atoms with Crippen molar-refractivity contribution < 1.29 is 38.1 Å². The van der Waals surface area contributed by atoms with Gasteiger partial charge in [0.05, 0.1) is 27.9 Å². The lowest BCUT2D eigenvalue weighted by Crippen LogP contribution is -2.17. The van der Waals surface area contributed by atoms with Crippen LogP contribution in [0.3, 0.4) is 0 Å². The highest BCUT2D eigenvalue weighted by Crippen LogP contribution is 2.34. The second kappa shape index (κ2) is 9.82. The van der Waals surface area contributed by atoms with Crippen LogP contribution in [0.2, 0.25) is 0 Å². The Balaban J connectivity index is 2.28. The first-order valence-electron chi connectivity index (χ1n) is 9.60. The molecule has 0 amide bonds. The van der Waals surface area contributed by atoms with Crippen LogP contribution in [0.1, 0.15) is 43.7 Å². The molecule has 0 radical (unpaired) electrons. The van der Waals surface area contributed by atoms with Crippen LogP contribution < -0.4 is 9.47 Å². The highest BCUT2D eigenvalue weighted by Gasteiger charge is 2.36. The maximum atomic E-state index is 12.8. The molecular weight excluding hydrogens is 420 g/mol. The summed E-state index contributed by atoms with van der Waals surface area (Å²) in [6.45, 7) is 1.82. The summed E-state index contributed by atoms with van der Waals surface area (Å²) in [6.07, 6.45) is 0. The lowest BCUT2D eigenvalue weighted by molar-refractivity contribution is 0.0492. The summed E-state index contributed by atoms with van der Waals surface area (Å²) < 4.78 is 27.0. The van der Waals surface area contributed by atoms with Gasteiger partial charge in [-0.3, -0.25) is 0 Å². The zero-order valence-electron chi connectivity index (χ0n) is 18.0. The molecule has 0 aliphatic rings. The fraction of sp³-hybridized carbons (Fsp3) is 0.273. The molecule has 0 aliphatic carbocycles. The molecule has 3 rings (SSSR count). The first-order valence-corrected chi connectivity index (χ1v) is 9.60. The van der Waals surface area contributed by atoms with E-state index >= 15 is 0 Å². The molecule has 2 aromatic heterocycles. The van der Waals surface area contributed by atoms with Crippen LogP contribution >= 0.6 is 0 Å². The second-order valence-electron chi connectivity index (χ2n) is 6.39. The Bertz CT molecular complexity index is 1150. The molecule has 32 heavy (non-hydrogen) atoms. The number of hydrogen-bond acceptors (Lipinski definition) is 9. The lowest BCUT2D eigenvalue weighted by Gasteiger charge is -2.11. The first-order chi connectivity index (χ1) is 15.5. The zero-order chi connectivity index (χ0) is 23.3. The summed E-state index contributed by atoms with van der Waals surface area (Å²) >= 11 is 0. The van der Waals surface area contributed by atoms with Crippen molar-refractivity contribution in [1.29, 1.82) is 0 Å². The number of ether oxygens (including phenoxy) is 5. The monoisotopic (exact) mass is 442 g/mol. The SMILES string of the molecule is CCOC(=O)c1c(C(=O)OC)c(C(=O)OC)c2c(OC)cc(OCc3ccccc3)nn12. The molecule has 0 atom stereocenters. The number of nitrogens with zero attached hydrogens (tertiary/aromatic N) is 2. The predicted octanol–water partition coefficient (Wildman–Crippen LogP) is 2.67. The third-order valence-electron chi connectivity index (χ3n) is 4.53. The maximum Gasteiger partial charge on any atom is 0.357 e. The number of carbonyl (C=O) groups excluding carboxylic acids is 3. The molecule has 0 aliphatic heterocycles. The minimum atomic E-state index is -0.937. The van der Waals surface area contributed by atoms with Crippen molar-refractivity contribution in [1.82, 2.24) is 9.61 Å². The molecule has 0 bridgehead atoms. The quantitative estimate of drug-likeness (QED) is 0.383. The average Bonchev–Trinajstić information content (AvgIpc) is 3.17. The first kappa shape index (κ1) is 22.6. The number of hydrogen-bond donors (Lipinski definition) is 0. The van der Waals surface area contributed by atoms with Crippen molar-refractivity contribution in [3.63, 3.8) is 0 Å². The fourth-order valence-electron chi connectivity index (χ4n) is 3.14. The molecule has 1 aromatic carbocycles. The van der Waals surface area contributed by atoms with Gasteiger partial charge in [-0.2, -0.15) is 0 Å². The van der Waals surface area contributed by atoms with Gasteiger partial charge < -0.3 is 23.7 Å². The summed E-state index contributed by atoms with van der Waals surface area (Å²) in [7, 11) is 3.64. The Hall–Kier alpha value is -4.08. The van der Waals surface area contributed by atoms with E-state index in [9.17, 15) is 14.4 Å². The van der Waals surface area contributed by atoms with Gasteiger partial charge >= 0.3 is 17.9 Å². The van der Waals surface area contributed by atoms with Crippen molar-refractivity contribution in [2.24, 2.45) is 0 Å². The van der Waals surface area contributed by atoms with Crippen LogP contribution in [-0.4, -0.2) is 55.5 Å². The van der Waals surface area contributed by atoms with Crippen LogP contribution in [0.5, 0.6) is 11.6 Å². The number of benzene rings is 1. The van der Waals surface area contributed by atoms with Crippen molar-refractivity contribution in [3.05, 3.63) is 58.8 Å². The van der Waals surface area contributed by atoms with E-state index < -0.39 is 17.9 Å². The molecule has 0 saturated heterocycles. The number of esters is 3. The van der Waals surface area contributed by atoms with Gasteiger partial charge in [0, 0.05) is 6.07 Å². The van der Waals surface area contributed by atoms with Crippen molar-refractivity contribution in [2.45, 2.75) is 13.5 Å². The minimum absolute atomic E-state index is 0.0293.